The van der Waals surface area contributed by atoms with E-state index in [0.29, 0.717) is 17.1 Å². The number of furan rings is 1. The Bertz CT molecular complexity index is 2890. The molecule has 0 fully saturated rings. The van der Waals surface area contributed by atoms with Crippen LogP contribution in [-0.2, 0) is 20.1 Å². The number of nitrogens with zero attached hydrogens (tertiary/aromatic N) is 5. The van der Waals surface area contributed by atoms with E-state index in [1.807, 2.05) is 95.6 Å². The molecule has 0 spiro atoms. The second-order valence-electron chi connectivity index (χ2n) is 11.5. The zero-order chi connectivity index (χ0) is 35.2. The third-order valence-electron chi connectivity index (χ3n) is 8.48. The van der Waals surface area contributed by atoms with Crippen LogP contribution in [0.2, 0.25) is 0 Å². The van der Waals surface area contributed by atoms with E-state index in [-0.39, 0.29) is 25.7 Å². The predicted molar refractivity (Wildman–Crippen MR) is 196 cm³/mol. The first-order valence-corrected chi connectivity index (χ1v) is 15.8. The van der Waals surface area contributed by atoms with Gasteiger partial charge >= 0.3 is 0 Å². The molecular formula is C43H27IrN5O-2. The van der Waals surface area contributed by atoms with Crippen molar-refractivity contribution in [3.05, 3.63) is 163 Å². The van der Waals surface area contributed by atoms with Crippen LogP contribution in [0.1, 0.15) is 9.68 Å². The SMILES string of the molecule is [2H]C([2H])([2H])c1ccc(-c2[c-]cccc2)nc1.[Ir].[c-]1ccc2c(oc3c4ccccc4ccc23)c1-c1nc2nc3ccccc3nc2n1-c1ccccc1. The summed E-state index contributed by atoms with van der Waals surface area (Å²) in [6.07, 6.45) is 1.39. The van der Waals surface area contributed by atoms with Crippen molar-refractivity contribution in [1.82, 2.24) is 24.5 Å². The van der Waals surface area contributed by atoms with Gasteiger partial charge < -0.3 is 14.0 Å². The number of fused-ring (bicyclic) bond motifs is 7. The molecule has 0 amide bonds. The fraction of sp³-hybridized carbons (Fsp3) is 0.0233. The molecule has 1 radical (unpaired) electrons. The van der Waals surface area contributed by atoms with Gasteiger partial charge in [0.05, 0.1) is 22.4 Å². The molecule has 0 aliphatic carbocycles. The van der Waals surface area contributed by atoms with Crippen LogP contribution in [0.5, 0.6) is 0 Å². The summed E-state index contributed by atoms with van der Waals surface area (Å²) in [5.41, 5.74) is 8.11. The zero-order valence-corrected chi connectivity index (χ0v) is 28.7. The first-order chi connectivity index (χ1) is 25.4. The molecular weight excluding hydrogens is 795 g/mol. The van der Waals surface area contributed by atoms with Gasteiger partial charge in [-0.2, -0.15) is 0 Å². The summed E-state index contributed by atoms with van der Waals surface area (Å²) in [6.45, 7) is -2.09. The Hall–Kier alpha value is -6.01. The zero-order valence-electron chi connectivity index (χ0n) is 29.3. The summed E-state index contributed by atoms with van der Waals surface area (Å²) >= 11 is 0. The molecule has 0 N–H and O–H groups in total. The van der Waals surface area contributed by atoms with Gasteiger partial charge in [-0.05, 0) is 47.8 Å². The van der Waals surface area contributed by atoms with Crippen molar-refractivity contribution in [3.63, 3.8) is 0 Å². The third kappa shape index (κ3) is 5.53. The van der Waals surface area contributed by atoms with Gasteiger partial charge in [0.15, 0.2) is 11.3 Å². The minimum Gasteiger partial charge on any atom is -0.500 e. The molecule has 6 nitrogen and oxygen atoms in total. The van der Waals surface area contributed by atoms with E-state index in [2.05, 4.69) is 47.4 Å². The van der Waals surface area contributed by atoms with Crippen molar-refractivity contribution in [2.24, 2.45) is 0 Å². The minimum absolute atomic E-state index is 0. The molecule has 4 heterocycles. The molecule has 0 saturated heterocycles. The molecule has 50 heavy (non-hydrogen) atoms. The van der Waals surface area contributed by atoms with E-state index in [9.17, 15) is 0 Å². The average molecular weight is 825 g/mol. The van der Waals surface area contributed by atoms with Crippen molar-refractivity contribution >= 4 is 55.0 Å². The van der Waals surface area contributed by atoms with Gasteiger partial charge in [-0.1, -0.05) is 89.8 Å². The summed E-state index contributed by atoms with van der Waals surface area (Å²) in [5.74, 6) is 0.695. The average Bonchev–Trinajstić information content (AvgIpc) is 3.76. The maximum Gasteiger partial charge on any atom is 0.188 e. The molecule has 241 valence electrons. The Morgan fingerprint density at radius 1 is 0.640 bits per heavy atom. The summed E-state index contributed by atoms with van der Waals surface area (Å²) in [5, 5.41) is 4.33. The Kier molecular flexibility index (Phi) is 7.32. The molecule has 7 heteroatoms. The van der Waals surface area contributed by atoms with Crippen LogP contribution in [0.4, 0.5) is 0 Å². The summed E-state index contributed by atoms with van der Waals surface area (Å²) in [7, 11) is 0. The van der Waals surface area contributed by atoms with E-state index in [4.69, 9.17) is 23.5 Å². The van der Waals surface area contributed by atoms with Gasteiger partial charge in [0.1, 0.15) is 5.58 Å². The van der Waals surface area contributed by atoms with E-state index in [1.165, 1.54) is 6.20 Å². The summed E-state index contributed by atoms with van der Waals surface area (Å²) < 4.78 is 30.3. The van der Waals surface area contributed by atoms with Gasteiger partial charge in [-0.15, -0.1) is 54.1 Å². The second-order valence-corrected chi connectivity index (χ2v) is 11.5. The number of benzene rings is 6. The normalized spacial score (nSPS) is 12.3. The number of hydrogen-bond donors (Lipinski definition) is 0. The Morgan fingerprint density at radius 2 is 1.42 bits per heavy atom. The molecule has 6 aromatic carbocycles. The fourth-order valence-corrected chi connectivity index (χ4v) is 6.19. The molecule has 0 saturated carbocycles. The van der Waals surface area contributed by atoms with Crippen LogP contribution in [0.3, 0.4) is 0 Å². The number of hydrogen-bond acceptors (Lipinski definition) is 5. The first-order valence-electron chi connectivity index (χ1n) is 17.3. The number of rotatable bonds is 3. The van der Waals surface area contributed by atoms with Crippen molar-refractivity contribution in [2.45, 2.75) is 6.85 Å². The molecule has 10 aromatic rings. The van der Waals surface area contributed by atoms with E-state index >= 15 is 0 Å². The van der Waals surface area contributed by atoms with Gasteiger partial charge in [0.25, 0.3) is 0 Å². The third-order valence-corrected chi connectivity index (χ3v) is 8.48. The number of pyridine rings is 1. The van der Waals surface area contributed by atoms with Gasteiger partial charge in [-0.3, -0.25) is 4.98 Å². The second kappa shape index (κ2) is 13.1. The largest absolute Gasteiger partial charge is 0.500 e. The number of aryl methyl sites for hydroxylation is 1. The topological polar surface area (TPSA) is 69.6 Å². The Morgan fingerprint density at radius 3 is 2.22 bits per heavy atom. The maximum absolute atomic E-state index is 7.23. The summed E-state index contributed by atoms with van der Waals surface area (Å²) in [6, 6.07) is 51.7. The quantitative estimate of drug-likeness (QED) is 0.166. The monoisotopic (exact) mass is 825 g/mol. The molecule has 10 rings (SSSR count). The maximum atomic E-state index is 7.23. The Balaban J connectivity index is 0.000000199. The Labute approximate surface area is 305 Å². The van der Waals surface area contributed by atoms with Gasteiger partial charge in [0.2, 0.25) is 0 Å². The fourth-order valence-electron chi connectivity index (χ4n) is 6.19. The van der Waals surface area contributed by atoms with Crippen molar-refractivity contribution < 1.29 is 28.6 Å². The standard InChI is InChI=1S/C31H17N4O.C12H10N.Ir/c1-2-10-20(11-3-1)35-30(34-29-31(35)33-26-16-7-6-15-25(26)32-29)24-14-8-13-22-23-18-17-19-9-4-5-12-21(19)27(23)36-28(22)24;1-10-7-8-12(13-9-10)11-5-3-2-4-6-11;/h1-13,15-18H;2-5,7-9H,1H3;/q2*-1;/i;1D3;. The van der Waals surface area contributed by atoms with Crippen LogP contribution in [-0.4, -0.2) is 24.5 Å². The van der Waals surface area contributed by atoms with Crippen LogP contribution in [0.15, 0.2) is 150 Å². The number of imidazole rings is 1. The minimum atomic E-state index is -2.09. The molecule has 0 atom stereocenters. The van der Waals surface area contributed by atoms with Crippen molar-refractivity contribution in [2.75, 3.05) is 0 Å². The van der Waals surface area contributed by atoms with Crippen LogP contribution >= 0.6 is 0 Å². The number of aromatic nitrogens is 5. The molecule has 0 unspecified atom stereocenters. The van der Waals surface area contributed by atoms with E-state index in [0.717, 1.165) is 66.3 Å². The van der Waals surface area contributed by atoms with Crippen molar-refractivity contribution in [3.8, 4) is 28.3 Å². The molecule has 0 aliphatic heterocycles. The number of para-hydroxylation sites is 3. The van der Waals surface area contributed by atoms with Crippen LogP contribution < -0.4 is 0 Å². The molecule has 0 bridgehead atoms. The van der Waals surface area contributed by atoms with Gasteiger partial charge in [0, 0.05) is 46.9 Å². The van der Waals surface area contributed by atoms with Crippen molar-refractivity contribution in [1.29, 1.82) is 0 Å². The summed E-state index contributed by atoms with van der Waals surface area (Å²) in [4.78, 5) is 18.9. The first kappa shape index (κ1) is 27.9. The van der Waals surface area contributed by atoms with Gasteiger partial charge in [-0.25, -0.2) is 9.97 Å². The van der Waals surface area contributed by atoms with E-state index in [1.54, 1.807) is 18.2 Å². The molecule has 4 aromatic heterocycles. The van der Waals surface area contributed by atoms with Crippen LogP contribution in [0.25, 0.3) is 83.4 Å². The smallest absolute Gasteiger partial charge is 0.188 e. The van der Waals surface area contributed by atoms with Crippen LogP contribution in [0, 0.1) is 19.0 Å². The molecule has 0 aliphatic rings. The van der Waals surface area contributed by atoms with E-state index < -0.39 is 6.85 Å². The predicted octanol–water partition coefficient (Wildman–Crippen LogP) is 10.3.